The monoisotopic (exact) mass is 334 g/mol. The van der Waals surface area contributed by atoms with E-state index < -0.39 is 0 Å². The van der Waals surface area contributed by atoms with Crippen molar-refractivity contribution in [1.29, 1.82) is 5.26 Å². The summed E-state index contributed by atoms with van der Waals surface area (Å²) in [4.78, 5) is 0. The molecule has 0 fully saturated rings. The van der Waals surface area contributed by atoms with E-state index >= 15 is 0 Å². The van der Waals surface area contributed by atoms with Gasteiger partial charge in [0.1, 0.15) is 12.4 Å². The molecule has 0 saturated heterocycles. The lowest BCUT2D eigenvalue weighted by Crippen LogP contribution is -2.06. The van der Waals surface area contributed by atoms with Crippen LogP contribution in [0.5, 0.6) is 0 Å². The van der Waals surface area contributed by atoms with Gasteiger partial charge in [-0.3, -0.25) is 0 Å². The zero-order chi connectivity index (χ0) is 14.2. The van der Waals surface area contributed by atoms with E-state index in [9.17, 15) is 0 Å². The van der Waals surface area contributed by atoms with Crippen LogP contribution in [0.3, 0.4) is 0 Å². The van der Waals surface area contributed by atoms with Crippen LogP contribution >= 0.6 is 15.9 Å². The SMILES string of the molecule is N#Cc1ccc(NCCCOCc2ccco2)c(Br)c1. The Morgan fingerprint density at radius 2 is 2.25 bits per heavy atom. The smallest absolute Gasteiger partial charge is 0.129 e. The minimum Gasteiger partial charge on any atom is -0.467 e. The number of halogens is 1. The Hall–Kier alpha value is -1.77. The predicted octanol–water partition coefficient (Wildman–Crippen LogP) is 3.93. The summed E-state index contributed by atoms with van der Waals surface area (Å²) >= 11 is 3.44. The minimum absolute atomic E-state index is 0.508. The molecule has 0 spiro atoms. The Kier molecular flexibility index (Phi) is 5.66. The number of anilines is 1. The summed E-state index contributed by atoms with van der Waals surface area (Å²) in [6, 6.07) is 11.3. The number of nitrogens with one attached hydrogen (secondary N) is 1. The molecule has 1 N–H and O–H groups in total. The minimum atomic E-state index is 0.508. The van der Waals surface area contributed by atoms with Crippen LogP contribution in [0.15, 0.2) is 45.5 Å². The molecular weight excluding hydrogens is 320 g/mol. The lowest BCUT2D eigenvalue weighted by molar-refractivity contribution is 0.106. The number of ether oxygens (including phenoxy) is 1. The molecule has 0 aliphatic carbocycles. The summed E-state index contributed by atoms with van der Waals surface area (Å²) in [5.74, 6) is 0.841. The number of benzene rings is 1. The van der Waals surface area contributed by atoms with Crippen LogP contribution in [0.4, 0.5) is 5.69 Å². The molecule has 0 atom stereocenters. The first kappa shape index (κ1) is 14.6. The lowest BCUT2D eigenvalue weighted by atomic mass is 10.2. The van der Waals surface area contributed by atoms with Gasteiger partial charge >= 0.3 is 0 Å². The zero-order valence-electron chi connectivity index (χ0n) is 10.9. The van der Waals surface area contributed by atoms with Crippen LogP contribution in [0, 0.1) is 11.3 Å². The van der Waals surface area contributed by atoms with E-state index in [4.69, 9.17) is 14.4 Å². The van der Waals surface area contributed by atoms with E-state index in [0.29, 0.717) is 18.8 Å². The van der Waals surface area contributed by atoms with Crippen LogP contribution < -0.4 is 5.32 Å². The average molecular weight is 335 g/mol. The standard InChI is InChI=1S/C15H15BrN2O2/c16-14-9-12(10-17)4-5-15(14)18-6-2-7-19-11-13-3-1-8-20-13/h1,3-5,8-9,18H,2,6-7,11H2. The van der Waals surface area contributed by atoms with E-state index in [0.717, 1.165) is 28.9 Å². The van der Waals surface area contributed by atoms with Crippen molar-refractivity contribution in [1.82, 2.24) is 0 Å². The lowest BCUT2D eigenvalue weighted by Gasteiger charge is -2.08. The van der Waals surface area contributed by atoms with Crippen molar-refractivity contribution in [3.8, 4) is 6.07 Å². The number of nitrogens with zero attached hydrogens (tertiary/aromatic N) is 1. The van der Waals surface area contributed by atoms with Gasteiger partial charge in [0.2, 0.25) is 0 Å². The number of rotatable bonds is 7. The molecule has 0 radical (unpaired) electrons. The van der Waals surface area contributed by atoms with E-state index in [-0.39, 0.29) is 0 Å². The van der Waals surface area contributed by atoms with E-state index in [1.807, 2.05) is 18.2 Å². The zero-order valence-corrected chi connectivity index (χ0v) is 12.5. The van der Waals surface area contributed by atoms with Crippen LogP contribution in [-0.2, 0) is 11.3 Å². The molecular formula is C15H15BrN2O2. The summed E-state index contributed by atoms with van der Waals surface area (Å²) in [6.07, 6.45) is 2.54. The third-order valence-electron chi connectivity index (χ3n) is 2.70. The molecule has 1 aromatic carbocycles. The second-order valence-corrected chi connectivity index (χ2v) is 5.07. The van der Waals surface area contributed by atoms with Gasteiger partial charge in [-0.1, -0.05) is 0 Å². The Labute approximate surface area is 126 Å². The van der Waals surface area contributed by atoms with Crippen molar-refractivity contribution < 1.29 is 9.15 Å². The number of hydrogen-bond acceptors (Lipinski definition) is 4. The summed E-state index contributed by atoms with van der Waals surface area (Å²) < 4.78 is 11.6. The maximum atomic E-state index is 8.79. The molecule has 2 rings (SSSR count). The van der Waals surface area contributed by atoms with Crippen LogP contribution in [0.1, 0.15) is 17.7 Å². The molecule has 5 heteroatoms. The van der Waals surface area contributed by atoms with Gasteiger partial charge in [-0.15, -0.1) is 0 Å². The maximum Gasteiger partial charge on any atom is 0.129 e. The molecule has 1 aromatic heterocycles. The second-order valence-electron chi connectivity index (χ2n) is 4.22. The molecule has 0 saturated carbocycles. The van der Waals surface area contributed by atoms with Gasteiger partial charge in [-0.25, -0.2) is 0 Å². The summed E-state index contributed by atoms with van der Waals surface area (Å²) in [6.45, 7) is 1.98. The van der Waals surface area contributed by atoms with Gasteiger partial charge in [-0.2, -0.15) is 5.26 Å². The summed E-state index contributed by atoms with van der Waals surface area (Å²) in [7, 11) is 0. The molecule has 1 heterocycles. The molecule has 2 aromatic rings. The van der Waals surface area contributed by atoms with Gasteiger partial charge < -0.3 is 14.5 Å². The van der Waals surface area contributed by atoms with Crippen LogP contribution in [0.25, 0.3) is 0 Å². The van der Waals surface area contributed by atoms with Gasteiger partial charge in [0.05, 0.1) is 17.9 Å². The van der Waals surface area contributed by atoms with Crippen LogP contribution in [0.2, 0.25) is 0 Å². The first-order valence-corrected chi connectivity index (χ1v) is 7.12. The Morgan fingerprint density at radius 1 is 1.35 bits per heavy atom. The third kappa shape index (κ3) is 4.41. The highest BCUT2D eigenvalue weighted by Crippen LogP contribution is 2.23. The van der Waals surface area contributed by atoms with Gasteiger partial charge in [0.15, 0.2) is 0 Å². The topological polar surface area (TPSA) is 58.2 Å². The normalized spacial score (nSPS) is 10.2. The molecule has 0 aliphatic rings. The molecule has 104 valence electrons. The van der Waals surface area contributed by atoms with Crippen molar-refractivity contribution in [3.05, 3.63) is 52.4 Å². The van der Waals surface area contributed by atoms with E-state index in [1.54, 1.807) is 18.4 Å². The fourth-order valence-electron chi connectivity index (χ4n) is 1.69. The molecule has 4 nitrogen and oxygen atoms in total. The van der Waals surface area contributed by atoms with Crippen LogP contribution in [-0.4, -0.2) is 13.2 Å². The molecule has 0 aliphatic heterocycles. The van der Waals surface area contributed by atoms with Crippen molar-refractivity contribution in [2.45, 2.75) is 13.0 Å². The predicted molar refractivity (Wildman–Crippen MR) is 80.3 cm³/mol. The Morgan fingerprint density at radius 3 is 2.95 bits per heavy atom. The molecule has 0 amide bonds. The van der Waals surface area contributed by atoms with Gasteiger partial charge in [0.25, 0.3) is 0 Å². The maximum absolute atomic E-state index is 8.79. The highest BCUT2D eigenvalue weighted by atomic mass is 79.9. The number of hydrogen-bond donors (Lipinski definition) is 1. The highest BCUT2D eigenvalue weighted by Gasteiger charge is 2.01. The van der Waals surface area contributed by atoms with Crippen molar-refractivity contribution in [2.75, 3.05) is 18.5 Å². The molecule has 0 unspecified atom stereocenters. The average Bonchev–Trinajstić information content (AvgIpc) is 2.97. The summed E-state index contributed by atoms with van der Waals surface area (Å²) in [5.41, 5.74) is 1.62. The van der Waals surface area contributed by atoms with Gasteiger partial charge in [-0.05, 0) is 52.7 Å². The number of nitriles is 1. The first-order chi connectivity index (χ1) is 9.79. The second kappa shape index (κ2) is 7.73. The molecule has 0 bridgehead atoms. The first-order valence-electron chi connectivity index (χ1n) is 6.33. The van der Waals surface area contributed by atoms with Crippen molar-refractivity contribution >= 4 is 21.6 Å². The molecule has 20 heavy (non-hydrogen) atoms. The quantitative estimate of drug-likeness (QED) is 0.779. The Balaban J connectivity index is 1.65. The number of furan rings is 1. The van der Waals surface area contributed by atoms with Gasteiger partial charge in [0, 0.05) is 23.3 Å². The third-order valence-corrected chi connectivity index (χ3v) is 3.36. The largest absolute Gasteiger partial charge is 0.467 e. The summed E-state index contributed by atoms with van der Waals surface area (Å²) in [5, 5.41) is 12.1. The van der Waals surface area contributed by atoms with E-state index in [1.165, 1.54) is 0 Å². The van der Waals surface area contributed by atoms with E-state index in [2.05, 4.69) is 27.3 Å². The fourth-order valence-corrected chi connectivity index (χ4v) is 2.21. The fraction of sp³-hybridized carbons (Fsp3) is 0.267. The highest BCUT2D eigenvalue weighted by molar-refractivity contribution is 9.10. The van der Waals surface area contributed by atoms with Crippen molar-refractivity contribution in [3.63, 3.8) is 0 Å². The Bertz CT molecular complexity index is 576. The van der Waals surface area contributed by atoms with Crippen molar-refractivity contribution in [2.24, 2.45) is 0 Å².